The van der Waals surface area contributed by atoms with Gasteiger partial charge < -0.3 is 18.9 Å². The summed E-state index contributed by atoms with van der Waals surface area (Å²) < 4.78 is 20.8. The molecule has 0 spiro atoms. The van der Waals surface area contributed by atoms with Crippen LogP contribution in [0.1, 0.15) is 34.1 Å². The van der Waals surface area contributed by atoms with Gasteiger partial charge in [0.2, 0.25) is 0 Å². The molecule has 0 fully saturated rings. The van der Waals surface area contributed by atoms with E-state index in [-0.39, 0.29) is 5.97 Å². The summed E-state index contributed by atoms with van der Waals surface area (Å²) in [4.78, 5) is 11.6. The number of carbonyl (C=O) groups is 1. The van der Waals surface area contributed by atoms with Crippen molar-refractivity contribution in [1.29, 1.82) is 0 Å². The molecule has 0 N–H and O–H groups in total. The van der Waals surface area contributed by atoms with E-state index in [4.69, 9.17) is 18.9 Å². The second-order valence-electron chi connectivity index (χ2n) is 4.80. The highest BCUT2D eigenvalue weighted by Crippen LogP contribution is 2.21. The average Bonchev–Trinajstić information content (AvgIpc) is 2.40. The largest absolute Gasteiger partial charge is 0.463 e. The fraction of sp³-hybridized carbons (Fsp3) is 0.929. The lowest BCUT2D eigenvalue weighted by molar-refractivity contribution is -0.155. The maximum Gasteiger partial charge on any atom is 0.311 e. The topological polar surface area (TPSA) is 54.0 Å². The van der Waals surface area contributed by atoms with Crippen molar-refractivity contribution in [1.82, 2.24) is 0 Å². The number of hydrogen-bond acceptors (Lipinski definition) is 5. The van der Waals surface area contributed by atoms with Crippen molar-refractivity contribution in [2.24, 2.45) is 5.41 Å². The van der Waals surface area contributed by atoms with Gasteiger partial charge in [-0.2, -0.15) is 0 Å². The Morgan fingerprint density at radius 1 is 0.842 bits per heavy atom. The zero-order valence-electron chi connectivity index (χ0n) is 12.7. The molecule has 0 amide bonds. The second kappa shape index (κ2) is 11.2. The monoisotopic (exact) mass is 276 g/mol. The van der Waals surface area contributed by atoms with Gasteiger partial charge >= 0.3 is 5.97 Å². The SMILES string of the molecule is CCOCCOCCOCCOC(=O)C(C)(C)CC. The highest BCUT2D eigenvalue weighted by molar-refractivity contribution is 5.75. The van der Waals surface area contributed by atoms with Crippen molar-refractivity contribution >= 4 is 5.97 Å². The molecule has 0 aromatic carbocycles. The van der Waals surface area contributed by atoms with Crippen LogP contribution >= 0.6 is 0 Å². The van der Waals surface area contributed by atoms with Crippen molar-refractivity contribution < 1.29 is 23.7 Å². The molecule has 0 bridgehead atoms. The van der Waals surface area contributed by atoms with Crippen LogP contribution in [0.4, 0.5) is 0 Å². The molecule has 0 unspecified atom stereocenters. The zero-order chi connectivity index (χ0) is 14.6. The Kier molecular flexibility index (Phi) is 10.8. The molecular formula is C14H28O5. The van der Waals surface area contributed by atoms with E-state index in [0.717, 1.165) is 6.42 Å². The highest BCUT2D eigenvalue weighted by atomic mass is 16.6. The number of rotatable bonds is 12. The van der Waals surface area contributed by atoms with E-state index in [0.29, 0.717) is 46.2 Å². The minimum atomic E-state index is -0.414. The minimum Gasteiger partial charge on any atom is -0.463 e. The fourth-order valence-electron chi connectivity index (χ4n) is 1.12. The Morgan fingerprint density at radius 3 is 1.79 bits per heavy atom. The molecule has 5 nitrogen and oxygen atoms in total. The fourth-order valence-corrected chi connectivity index (χ4v) is 1.12. The molecule has 0 rings (SSSR count). The third-order valence-electron chi connectivity index (χ3n) is 2.85. The van der Waals surface area contributed by atoms with Crippen LogP contribution in [0, 0.1) is 5.41 Å². The van der Waals surface area contributed by atoms with Crippen LogP contribution in [0.5, 0.6) is 0 Å². The molecule has 0 aromatic rings. The molecule has 0 aromatic heterocycles. The van der Waals surface area contributed by atoms with Gasteiger partial charge in [0.05, 0.1) is 38.4 Å². The molecule has 0 aliphatic carbocycles. The van der Waals surface area contributed by atoms with Crippen LogP contribution in [-0.2, 0) is 23.7 Å². The van der Waals surface area contributed by atoms with Gasteiger partial charge in [-0.05, 0) is 27.2 Å². The maximum atomic E-state index is 11.6. The normalized spacial score (nSPS) is 11.6. The standard InChI is InChI=1S/C14H28O5/c1-5-14(3,4)13(15)19-12-11-18-10-9-17-8-7-16-6-2/h5-12H2,1-4H3. The van der Waals surface area contributed by atoms with Crippen molar-refractivity contribution in [3.05, 3.63) is 0 Å². The number of esters is 1. The lowest BCUT2D eigenvalue weighted by Gasteiger charge is -2.20. The van der Waals surface area contributed by atoms with Crippen molar-refractivity contribution in [3.63, 3.8) is 0 Å². The van der Waals surface area contributed by atoms with Crippen LogP contribution in [0.25, 0.3) is 0 Å². The summed E-state index contributed by atoms with van der Waals surface area (Å²) in [6.07, 6.45) is 0.764. The molecule has 0 aliphatic heterocycles. The van der Waals surface area contributed by atoms with E-state index < -0.39 is 5.41 Å². The van der Waals surface area contributed by atoms with Gasteiger partial charge in [-0.15, -0.1) is 0 Å². The molecular weight excluding hydrogens is 248 g/mol. The quantitative estimate of drug-likeness (QED) is 0.403. The lowest BCUT2D eigenvalue weighted by Crippen LogP contribution is -2.27. The first-order valence-electron chi connectivity index (χ1n) is 6.95. The first kappa shape index (κ1) is 18.4. The average molecular weight is 276 g/mol. The summed E-state index contributed by atoms with van der Waals surface area (Å²) in [6, 6.07) is 0. The molecule has 0 saturated carbocycles. The molecule has 0 aliphatic rings. The zero-order valence-corrected chi connectivity index (χ0v) is 12.7. The summed E-state index contributed by atoms with van der Waals surface area (Å²) in [5, 5.41) is 0. The van der Waals surface area contributed by atoms with Gasteiger partial charge in [-0.1, -0.05) is 6.92 Å². The van der Waals surface area contributed by atoms with Gasteiger partial charge in [0.15, 0.2) is 0 Å². The molecule has 19 heavy (non-hydrogen) atoms. The second-order valence-corrected chi connectivity index (χ2v) is 4.80. The first-order chi connectivity index (χ1) is 9.04. The van der Waals surface area contributed by atoms with E-state index in [1.54, 1.807) is 0 Å². The van der Waals surface area contributed by atoms with Crippen LogP contribution < -0.4 is 0 Å². The maximum absolute atomic E-state index is 11.6. The van der Waals surface area contributed by atoms with E-state index in [9.17, 15) is 4.79 Å². The molecule has 0 atom stereocenters. The molecule has 0 saturated heterocycles. The number of carbonyl (C=O) groups excluding carboxylic acids is 1. The van der Waals surface area contributed by atoms with Crippen molar-refractivity contribution in [2.45, 2.75) is 34.1 Å². The summed E-state index contributed by atoms with van der Waals surface area (Å²) in [5.74, 6) is -0.174. The predicted molar refractivity (Wildman–Crippen MR) is 73.2 cm³/mol. The Hall–Kier alpha value is -0.650. The first-order valence-corrected chi connectivity index (χ1v) is 6.95. The summed E-state index contributed by atoms with van der Waals surface area (Å²) in [5.41, 5.74) is -0.414. The van der Waals surface area contributed by atoms with Crippen LogP contribution in [0.2, 0.25) is 0 Å². The molecule has 0 radical (unpaired) electrons. The molecule has 114 valence electrons. The molecule has 5 heteroatoms. The van der Waals surface area contributed by atoms with E-state index in [1.165, 1.54) is 0 Å². The summed E-state index contributed by atoms with van der Waals surface area (Å²) in [6.45, 7) is 11.3. The minimum absolute atomic E-state index is 0.174. The van der Waals surface area contributed by atoms with E-state index in [1.807, 2.05) is 27.7 Å². The molecule has 0 heterocycles. The number of hydrogen-bond donors (Lipinski definition) is 0. The Balaban J connectivity index is 3.30. The van der Waals surface area contributed by atoms with Gasteiger partial charge in [-0.25, -0.2) is 0 Å². The third kappa shape index (κ3) is 9.87. The highest BCUT2D eigenvalue weighted by Gasteiger charge is 2.26. The van der Waals surface area contributed by atoms with Gasteiger partial charge in [-0.3, -0.25) is 4.79 Å². The Labute approximate surface area is 116 Å². The van der Waals surface area contributed by atoms with Gasteiger partial charge in [0, 0.05) is 6.61 Å². The number of ether oxygens (including phenoxy) is 4. The van der Waals surface area contributed by atoms with Crippen LogP contribution in [0.15, 0.2) is 0 Å². The summed E-state index contributed by atoms with van der Waals surface area (Å²) >= 11 is 0. The Bertz CT molecular complexity index is 228. The van der Waals surface area contributed by atoms with Crippen LogP contribution in [-0.4, -0.2) is 52.2 Å². The lowest BCUT2D eigenvalue weighted by atomic mass is 9.91. The van der Waals surface area contributed by atoms with E-state index >= 15 is 0 Å². The van der Waals surface area contributed by atoms with Gasteiger partial charge in [0.25, 0.3) is 0 Å². The van der Waals surface area contributed by atoms with Crippen molar-refractivity contribution in [2.75, 3.05) is 46.2 Å². The predicted octanol–water partition coefficient (Wildman–Crippen LogP) is 2.04. The van der Waals surface area contributed by atoms with Crippen LogP contribution in [0.3, 0.4) is 0 Å². The van der Waals surface area contributed by atoms with Crippen molar-refractivity contribution in [3.8, 4) is 0 Å². The van der Waals surface area contributed by atoms with E-state index in [2.05, 4.69) is 0 Å². The smallest absolute Gasteiger partial charge is 0.311 e. The Morgan fingerprint density at radius 2 is 1.32 bits per heavy atom. The van der Waals surface area contributed by atoms with Gasteiger partial charge in [0.1, 0.15) is 6.61 Å². The third-order valence-corrected chi connectivity index (χ3v) is 2.85. The summed E-state index contributed by atoms with van der Waals surface area (Å²) in [7, 11) is 0.